The van der Waals surface area contributed by atoms with Crippen molar-refractivity contribution in [3.63, 3.8) is 0 Å². The Labute approximate surface area is 186 Å². The molecule has 30 heavy (non-hydrogen) atoms. The maximum atomic E-state index is 12.4. The van der Waals surface area contributed by atoms with Crippen LogP contribution in [0.3, 0.4) is 0 Å². The first kappa shape index (κ1) is 24.6. The summed E-state index contributed by atoms with van der Waals surface area (Å²) in [6, 6.07) is 11.2. The van der Waals surface area contributed by atoms with Crippen LogP contribution in [-0.4, -0.2) is 40.9 Å². The molecule has 0 aromatic heterocycles. The van der Waals surface area contributed by atoms with Gasteiger partial charge in [0.2, 0.25) is 5.91 Å². The van der Waals surface area contributed by atoms with Gasteiger partial charge in [-0.15, -0.1) is 0 Å². The largest absolute Gasteiger partial charge is 0.359 e. The molecule has 1 amide bonds. The minimum absolute atomic E-state index is 0.0316. The summed E-state index contributed by atoms with van der Waals surface area (Å²) in [4.78, 5) is 12.3. The molecule has 0 saturated heterocycles. The van der Waals surface area contributed by atoms with Crippen molar-refractivity contribution in [2.75, 3.05) is 25.8 Å². The van der Waals surface area contributed by atoms with Crippen LogP contribution in [0.4, 0.5) is 5.69 Å². The standard InChI is InChI=1S/C20H23Cl2NO6S/c1-14-6-9-16(10-7-14)30(25,26)29-12-15(28-13-27-2)8-11-19(24)23-20-17(21)4-3-5-18(20)22/h3-7,9-10,15H,8,11-13H2,1-2H3,(H,23,24). The van der Waals surface area contributed by atoms with E-state index in [0.29, 0.717) is 15.7 Å². The monoisotopic (exact) mass is 475 g/mol. The fraction of sp³-hybridized carbons (Fsp3) is 0.350. The summed E-state index contributed by atoms with van der Waals surface area (Å²) in [5.74, 6) is -0.350. The van der Waals surface area contributed by atoms with E-state index in [1.54, 1.807) is 30.3 Å². The molecule has 2 rings (SSSR count). The number of methoxy groups -OCH3 is 1. The summed E-state index contributed by atoms with van der Waals surface area (Å²) < 4.78 is 40.2. The van der Waals surface area contributed by atoms with Crippen molar-refractivity contribution >= 4 is 44.9 Å². The van der Waals surface area contributed by atoms with Gasteiger partial charge in [-0.25, -0.2) is 0 Å². The van der Waals surface area contributed by atoms with Gasteiger partial charge < -0.3 is 14.8 Å². The first-order chi connectivity index (χ1) is 14.2. The predicted molar refractivity (Wildman–Crippen MR) is 115 cm³/mol. The van der Waals surface area contributed by atoms with Crippen molar-refractivity contribution in [1.29, 1.82) is 0 Å². The second kappa shape index (κ2) is 11.6. The molecule has 7 nitrogen and oxygen atoms in total. The minimum atomic E-state index is -3.95. The van der Waals surface area contributed by atoms with E-state index in [9.17, 15) is 13.2 Å². The van der Waals surface area contributed by atoms with Crippen LogP contribution in [0, 0.1) is 6.92 Å². The molecular formula is C20H23Cl2NO6S. The number of halogens is 2. The van der Waals surface area contributed by atoms with Crippen molar-refractivity contribution in [2.24, 2.45) is 0 Å². The molecule has 2 aromatic rings. The maximum Gasteiger partial charge on any atom is 0.297 e. The summed E-state index contributed by atoms with van der Waals surface area (Å²) >= 11 is 12.1. The number of benzene rings is 2. The molecular weight excluding hydrogens is 453 g/mol. The maximum absolute atomic E-state index is 12.4. The van der Waals surface area contributed by atoms with Crippen LogP contribution in [0.15, 0.2) is 47.4 Å². The second-order valence-electron chi connectivity index (χ2n) is 6.43. The predicted octanol–water partition coefficient (Wildman–Crippen LogP) is 4.42. The topological polar surface area (TPSA) is 90.9 Å². The van der Waals surface area contributed by atoms with Gasteiger partial charge in [0.05, 0.1) is 33.3 Å². The molecule has 1 unspecified atom stereocenters. The average molecular weight is 476 g/mol. The highest BCUT2D eigenvalue weighted by Gasteiger charge is 2.20. The second-order valence-corrected chi connectivity index (χ2v) is 8.86. The minimum Gasteiger partial charge on any atom is -0.359 e. The van der Waals surface area contributed by atoms with E-state index in [-0.39, 0.29) is 37.0 Å². The average Bonchev–Trinajstić information content (AvgIpc) is 2.70. The third-order valence-electron chi connectivity index (χ3n) is 4.06. The zero-order valence-electron chi connectivity index (χ0n) is 16.6. The van der Waals surface area contributed by atoms with Gasteiger partial charge in [0.15, 0.2) is 0 Å². The quantitative estimate of drug-likeness (QED) is 0.382. The Morgan fingerprint density at radius 3 is 2.33 bits per heavy atom. The Kier molecular flexibility index (Phi) is 9.54. The smallest absolute Gasteiger partial charge is 0.297 e. The lowest BCUT2D eigenvalue weighted by molar-refractivity contribution is -0.118. The summed E-state index contributed by atoms with van der Waals surface area (Å²) in [6.45, 7) is 1.52. The first-order valence-electron chi connectivity index (χ1n) is 9.03. The molecule has 0 heterocycles. The van der Waals surface area contributed by atoms with E-state index in [2.05, 4.69) is 5.32 Å². The van der Waals surface area contributed by atoms with E-state index in [4.69, 9.17) is 36.9 Å². The Morgan fingerprint density at radius 1 is 1.10 bits per heavy atom. The highest BCUT2D eigenvalue weighted by Crippen LogP contribution is 2.30. The third kappa shape index (κ3) is 7.54. The lowest BCUT2D eigenvalue weighted by Gasteiger charge is -2.17. The SMILES string of the molecule is COCOC(CCC(=O)Nc1c(Cl)cccc1Cl)COS(=O)(=O)c1ccc(C)cc1. The fourth-order valence-corrected chi connectivity index (χ4v) is 3.86. The van der Waals surface area contributed by atoms with Gasteiger partial charge in [0, 0.05) is 13.5 Å². The van der Waals surface area contributed by atoms with Crippen LogP contribution in [0.2, 0.25) is 10.0 Å². The summed E-state index contributed by atoms with van der Waals surface area (Å²) in [7, 11) is -2.51. The first-order valence-corrected chi connectivity index (χ1v) is 11.2. The van der Waals surface area contributed by atoms with Crippen LogP contribution in [0.1, 0.15) is 18.4 Å². The molecule has 0 bridgehead atoms. The number of nitrogens with one attached hydrogen (secondary N) is 1. The van der Waals surface area contributed by atoms with Gasteiger partial charge in [0.25, 0.3) is 10.1 Å². The van der Waals surface area contributed by atoms with Gasteiger partial charge >= 0.3 is 0 Å². The number of carbonyl (C=O) groups is 1. The number of aryl methyl sites for hydroxylation is 1. The van der Waals surface area contributed by atoms with Crippen LogP contribution in [0.25, 0.3) is 0 Å². The molecule has 0 radical (unpaired) electrons. The molecule has 1 N–H and O–H groups in total. The molecule has 0 aliphatic rings. The number of para-hydroxylation sites is 1. The van der Waals surface area contributed by atoms with Gasteiger partial charge in [-0.2, -0.15) is 8.42 Å². The summed E-state index contributed by atoms with van der Waals surface area (Å²) in [6.07, 6.45) is -0.456. The van der Waals surface area contributed by atoms with Gasteiger partial charge in [0.1, 0.15) is 6.79 Å². The van der Waals surface area contributed by atoms with Gasteiger partial charge in [-0.05, 0) is 37.6 Å². The molecule has 0 fully saturated rings. The Morgan fingerprint density at radius 2 is 1.73 bits per heavy atom. The van der Waals surface area contributed by atoms with Gasteiger partial charge in [-0.1, -0.05) is 47.0 Å². The van der Waals surface area contributed by atoms with Crippen LogP contribution in [-0.2, 0) is 28.6 Å². The lowest BCUT2D eigenvalue weighted by atomic mass is 10.2. The Balaban J connectivity index is 1.95. The van der Waals surface area contributed by atoms with Crippen molar-refractivity contribution in [3.05, 3.63) is 58.1 Å². The third-order valence-corrected chi connectivity index (χ3v) is 5.99. The van der Waals surface area contributed by atoms with Gasteiger partial charge in [-0.3, -0.25) is 8.98 Å². The number of hydrogen-bond acceptors (Lipinski definition) is 6. The number of carbonyl (C=O) groups excluding carboxylic acids is 1. The highest BCUT2D eigenvalue weighted by atomic mass is 35.5. The lowest BCUT2D eigenvalue weighted by Crippen LogP contribution is -2.25. The molecule has 0 spiro atoms. The number of amides is 1. The van der Waals surface area contributed by atoms with Crippen LogP contribution in [0.5, 0.6) is 0 Å². The molecule has 1 atom stereocenters. The Hall–Kier alpha value is -1.68. The summed E-state index contributed by atoms with van der Waals surface area (Å²) in [5.41, 5.74) is 1.25. The zero-order chi connectivity index (χ0) is 22.1. The van der Waals surface area contributed by atoms with E-state index in [0.717, 1.165) is 5.56 Å². The van der Waals surface area contributed by atoms with E-state index >= 15 is 0 Å². The van der Waals surface area contributed by atoms with E-state index < -0.39 is 16.2 Å². The summed E-state index contributed by atoms with van der Waals surface area (Å²) in [5, 5.41) is 3.28. The number of hydrogen-bond donors (Lipinski definition) is 1. The van der Waals surface area contributed by atoms with Crippen molar-refractivity contribution in [3.8, 4) is 0 Å². The van der Waals surface area contributed by atoms with Crippen molar-refractivity contribution in [1.82, 2.24) is 0 Å². The Bertz CT molecular complexity index is 930. The van der Waals surface area contributed by atoms with E-state index in [1.165, 1.54) is 19.2 Å². The number of anilines is 1. The highest BCUT2D eigenvalue weighted by molar-refractivity contribution is 7.86. The zero-order valence-corrected chi connectivity index (χ0v) is 18.9. The fourth-order valence-electron chi connectivity index (χ4n) is 2.43. The van der Waals surface area contributed by atoms with E-state index in [1.807, 2.05) is 6.92 Å². The molecule has 164 valence electrons. The molecule has 0 aliphatic heterocycles. The van der Waals surface area contributed by atoms with Crippen molar-refractivity contribution in [2.45, 2.75) is 30.8 Å². The molecule has 10 heteroatoms. The molecule has 2 aromatic carbocycles. The van der Waals surface area contributed by atoms with Crippen molar-refractivity contribution < 1.29 is 26.9 Å². The normalized spacial score (nSPS) is 12.5. The number of rotatable bonds is 11. The molecule has 0 saturated carbocycles. The van der Waals surface area contributed by atoms with Crippen LogP contribution >= 0.6 is 23.2 Å². The van der Waals surface area contributed by atoms with Crippen LogP contribution < -0.4 is 5.32 Å². The molecule has 0 aliphatic carbocycles. The number of ether oxygens (including phenoxy) is 2.